The highest BCUT2D eigenvalue weighted by atomic mass is 16.7. The molecule has 0 radical (unpaired) electrons. The van der Waals surface area contributed by atoms with Crippen LogP contribution >= 0.6 is 0 Å². The lowest BCUT2D eigenvalue weighted by Gasteiger charge is -2.39. The van der Waals surface area contributed by atoms with Crippen LogP contribution < -0.4 is 20.3 Å². The first-order chi connectivity index (χ1) is 16.9. The number of rotatable bonds is 6. The molecule has 1 amide bonds. The summed E-state index contributed by atoms with van der Waals surface area (Å²) in [5, 5.41) is 2.84. The van der Waals surface area contributed by atoms with Gasteiger partial charge >= 0.3 is 0 Å². The predicted octanol–water partition coefficient (Wildman–Crippen LogP) is 4.04. The van der Waals surface area contributed by atoms with Crippen molar-refractivity contribution in [1.29, 1.82) is 0 Å². The molecule has 194 valence electrons. The molecule has 8 nitrogen and oxygen atoms in total. The Morgan fingerprint density at radius 2 is 1.69 bits per heavy atom. The summed E-state index contributed by atoms with van der Waals surface area (Å²) in [6.45, 7) is 8.94. The molecule has 1 fully saturated rings. The van der Waals surface area contributed by atoms with Crippen molar-refractivity contribution in [2.75, 3.05) is 14.1 Å². The average Bonchev–Trinajstić information content (AvgIpc) is 3.17. The minimum absolute atomic E-state index is 0.0798. The van der Waals surface area contributed by atoms with E-state index < -0.39 is 5.79 Å². The number of H-pyrrole nitrogens is 1. The molecule has 2 aromatic rings. The Morgan fingerprint density at radius 1 is 1.06 bits per heavy atom. The number of nitrogens with zero attached hydrogens (tertiary/aromatic N) is 1. The Morgan fingerprint density at radius 3 is 2.28 bits per heavy atom. The summed E-state index contributed by atoms with van der Waals surface area (Å²) in [5.74, 6) is -0.422. The number of amides is 1. The van der Waals surface area contributed by atoms with E-state index >= 15 is 0 Å². The molecule has 4 rings (SSSR count). The molecule has 0 spiro atoms. The molecule has 36 heavy (non-hydrogen) atoms. The molecule has 1 saturated carbocycles. The fraction of sp³-hybridized carbons (Fsp3) is 0.536. The fourth-order valence-electron chi connectivity index (χ4n) is 5.53. The second kappa shape index (κ2) is 9.73. The Kier molecular flexibility index (Phi) is 7.01. The zero-order valence-corrected chi connectivity index (χ0v) is 22.3. The largest absolute Gasteiger partial charge is 0.448 e. The van der Waals surface area contributed by atoms with Gasteiger partial charge < -0.3 is 24.7 Å². The van der Waals surface area contributed by atoms with Gasteiger partial charge in [0.1, 0.15) is 0 Å². The molecule has 1 unspecified atom stereocenters. The van der Waals surface area contributed by atoms with Gasteiger partial charge in [0.25, 0.3) is 17.3 Å². The minimum Gasteiger partial charge on any atom is -0.448 e. The molecule has 0 bridgehead atoms. The summed E-state index contributed by atoms with van der Waals surface area (Å²) >= 11 is 0. The third-order valence-electron chi connectivity index (χ3n) is 7.81. The van der Waals surface area contributed by atoms with E-state index in [2.05, 4.69) is 29.3 Å². The molecule has 2 N–H and O–H groups in total. The normalized spacial score (nSPS) is 23.1. The number of Topliss-reactive ketones (excluding diaryl/α,β-unsaturated/α-hetero) is 1. The molecular weight excluding hydrogens is 458 g/mol. The first-order valence-electron chi connectivity index (χ1n) is 12.6. The van der Waals surface area contributed by atoms with Crippen LogP contribution in [-0.4, -0.2) is 47.5 Å². The first-order valence-corrected chi connectivity index (χ1v) is 12.6. The summed E-state index contributed by atoms with van der Waals surface area (Å²) in [5.41, 5.74) is 3.14. The van der Waals surface area contributed by atoms with Crippen molar-refractivity contribution in [3.63, 3.8) is 0 Å². The molecule has 1 aromatic carbocycles. The highest BCUT2D eigenvalue weighted by Crippen LogP contribution is 2.50. The maximum absolute atomic E-state index is 13.2. The van der Waals surface area contributed by atoms with Crippen LogP contribution in [0.25, 0.3) is 0 Å². The molecular formula is C28H37N3O5. The maximum atomic E-state index is 13.2. The zero-order chi connectivity index (χ0) is 26.4. The third-order valence-corrected chi connectivity index (χ3v) is 7.81. The van der Waals surface area contributed by atoms with Gasteiger partial charge in [-0.3, -0.25) is 14.4 Å². The number of carbonyl (C=O) groups is 2. The van der Waals surface area contributed by atoms with E-state index in [9.17, 15) is 14.4 Å². The highest BCUT2D eigenvalue weighted by Gasteiger charge is 2.48. The summed E-state index contributed by atoms with van der Waals surface area (Å²) in [6.07, 6.45) is 4.03. The Labute approximate surface area is 212 Å². The summed E-state index contributed by atoms with van der Waals surface area (Å²) in [7, 11) is 4.22. The fourth-order valence-corrected chi connectivity index (χ4v) is 5.53. The molecule has 1 atom stereocenters. The van der Waals surface area contributed by atoms with Crippen molar-refractivity contribution in [1.82, 2.24) is 15.2 Å². The number of ketones is 1. The molecule has 2 aliphatic rings. The van der Waals surface area contributed by atoms with Crippen LogP contribution in [0.15, 0.2) is 16.9 Å². The summed E-state index contributed by atoms with van der Waals surface area (Å²) in [6, 6.07) is 3.99. The van der Waals surface area contributed by atoms with Gasteiger partial charge in [0.05, 0.1) is 5.56 Å². The van der Waals surface area contributed by atoms with Gasteiger partial charge in [0.15, 0.2) is 17.3 Å². The number of benzene rings is 1. The predicted molar refractivity (Wildman–Crippen MR) is 138 cm³/mol. The topological polar surface area (TPSA) is 101 Å². The number of aromatic nitrogens is 1. The molecule has 1 aliphatic heterocycles. The van der Waals surface area contributed by atoms with Crippen LogP contribution in [0.1, 0.15) is 82.6 Å². The number of ether oxygens (including phenoxy) is 2. The summed E-state index contributed by atoms with van der Waals surface area (Å²) in [4.78, 5) is 43.2. The monoisotopic (exact) mass is 495 g/mol. The van der Waals surface area contributed by atoms with Gasteiger partial charge in [-0.05, 0) is 85.2 Å². The lowest BCUT2D eigenvalue weighted by molar-refractivity contribution is -0.123. The van der Waals surface area contributed by atoms with E-state index in [1.807, 2.05) is 26.8 Å². The van der Waals surface area contributed by atoms with E-state index in [1.54, 1.807) is 13.0 Å². The Hall–Kier alpha value is -3.13. The van der Waals surface area contributed by atoms with E-state index in [0.717, 1.165) is 36.9 Å². The van der Waals surface area contributed by atoms with E-state index in [-0.39, 0.29) is 29.7 Å². The number of carbonyl (C=O) groups excluding carboxylic acids is 2. The Balaban J connectivity index is 1.59. The van der Waals surface area contributed by atoms with Crippen molar-refractivity contribution in [2.45, 2.75) is 78.7 Å². The minimum atomic E-state index is -0.893. The van der Waals surface area contributed by atoms with Gasteiger partial charge in [-0.1, -0.05) is 0 Å². The third kappa shape index (κ3) is 4.78. The zero-order valence-electron chi connectivity index (χ0n) is 22.3. The van der Waals surface area contributed by atoms with E-state index in [0.29, 0.717) is 39.8 Å². The average molecular weight is 496 g/mol. The molecule has 0 saturated heterocycles. The number of nitrogens with one attached hydrogen (secondary N) is 2. The number of fused-ring (bicyclic) bond motifs is 1. The SMILES string of the molecule is CC(=O)c1cc(C(=O)NCc2c(C)cc(C)[nH]c2=O)c(C)c2c1OC(C)(C1CCC(N(C)C)CC1)O2. The standard InChI is InChI=1S/C28H37N3O5/c1-15-12-16(2)30-27(34)23(15)14-29-26(33)21-13-22(18(4)32)25-24(17(21)3)35-28(5,36-25)19-8-10-20(11-9-19)31(6)7/h12-13,19-20H,8-11,14H2,1-7H3,(H,29,33)(H,30,34). The second-order valence-corrected chi connectivity index (χ2v) is 10.6. The van der Waals surface area contributed by atoms with Crippen LogP contribution in [-0.2, 0) is 6.54 Å². The molecule has 8 heteroatoms. The van der Waals surface area contributed by atoms with Crippen molar-refractivity contribution >= 4 is 11.7 Å². The van der Waals surface area contributed by atoms with Crippen LogP contribution in [0.4, 0.5) is 0 Å². The van der Waals surface area contributed by atoms with Crippen LogP contribution in [0, 0.1) is 26.7 Å². The van der Waals surface area contributed by atoms with E-state index in [1.165, 1.54) is 6.92 Å². The molecule has 1 aromatic heterocycles. The van der Waals surface area contributed by atoms with Crippen molar-refractivity contribution in [2.24, 2.45) is 5.92 Å². The molecule has 1 aliphatic carbocycles. The van der Waals surface area contributed by atoms with Gasteiger partial charge in [0, 0.05) is 47.8 Å². The second-order valence-electron chi connectivity index (χ2n) is 10.6. The van der Waals surface area contributed by atoms with Gasteiger partial charge in [-0.2, -0.15) is 0 Å². The van der Waals surface area contributed by atoms with Crippen LogP contribution in [0.3, 0.4) is 0 Å². The first kappa shape index (κ1) is 25.9. The number of aromatic amines is 1. The van der Waals surface area contributed by atoms with Crippen molar-refractivity contribution in [3.8, 4) is 11.5 Å². The van der Waals surface area contributed by atoms with E-state index in [4.69, 9.17) is 9.47 Å². The van der Waals surface area contributed by atoms with Crippen molar-refractivity contribution in [3.05, 3.63) is 56.0 Å². The molecule has 2 heterocycles. The lowest BCUT2D eigenvalue weighted by atomic mass is 9.81. The van der Waals surface area contributed by atoms with Crippen molar-refractivity contribution < 1.29 is 19.1 Å². The number of pyridine rings is 1. The quantitative estimate of drug-likeness (QED) is 0.587. The lowest BCUT2D eigenvalue weighted by Crippen LogP contribution is -2.46. The van der Waals surface area contributed by atoms with Gasteiger partial charge in [-0.15, -0.1) is 0 Å². The summed E-state index contributed by atoms with van der Waals surface area (Å²) < 4.78 is 12.8. The number of hydrogen-bond acceptors (Lipinski definition) is 6. The van der Waals surface area contributed by atoms with Gasteiger partial charge in [0.2, 0.25) is 0 Å². The Bertz CT molecular complexity index is 1260. The number of aryl methyl sites for hydroxylation is 2. The maximum Gasteiger partial charge on any atom is 0.253 e. The van der Waals surface area contributed by atoms with Crippen LogP contribution in [0.5, 0.6) is 11.5 Å². The highest BCUT2D eigenvalue weighted by molar-refractivity contribution is 6.04. The van der Waals surface area contributed by atoms with Gasteiger partial charge in [-0.25, -0.2) is 0 Å². The van der Waals surface area contributed by atoms with Crippen LogP contribution in [0.2, 0.25) is 0 Å². The number of hydrogen-bond donors (Lipinski definition) is 2. The smallest absolute Gasteiger partial charge is 0.253 e.